The van der Waals surface area contributed by atoms with E-state index < -0.39 is 0 Å². The Morgan fingerprint density at radius 3 is 2.04 bits per heavy atom. The molecule has 0 radical (unpaired) electrons. The van der Waals surface area contributed by atoms with Crippen LogP contribution in [0.25, 0.3) is 11.1 Å². The molecule has 1 heteroatoms. The van der Waals surface area contributed by atoms with Gasteiger partial charge >= 0.3 is 0 Å². The monoisotopic (exact) mass is 412 g/mol. The molecule has 0 aliphatic heterocycles. The van der Waals surface area contributed by atoms with Crippen LogP contribution in [0.1, 0.15) is 22.3 Å². The summed E-state index contributed by atoms with van der Waals surface area (Å²) in [7, 11) is 0. The molecule has 0 amide bonds. The molecule has 0 heterocycles. The summed E-state index contributed by atoms with van der Waals surface area (Å²) < 4.78 is 0. The molecule has 0 nitrogen and oxygen atoms in total. The summed E-state index contributed by atoms with van der Waals surface area (Å²) >= 11 is 0. The van der Waals surface area contributed by atoms with Crippen molar-refractivity contribution in [2.24, 2.45) is 0 Å². The van der Waals surface area contributed by atoms with Crippen molar-refractivity contribution in [1.82, 2.24) is 0 Å². The van der Waals surface area contributed by atoms with Crippen LogP contribution in [-0.2, 0) is 33.3 Å². The molecule has 0 aliphatic rings. The molecule has 4 rings (SSSR count). The second-order valence-electron chi connectivity index (χ2n) is 6.11. The van der Waals surface area contributed by atoms with Crippen LogP contribution in [0, 0.1) is 12.1 Å². The van der Waals surface area contributed by atoms with Crippen molar-refractivity contribution in [3.05, 3.63) is 119 Å². The van der Waals surface area contributed by atoms with Gasteiger partial charge in [-0.05, 0) is 12.8 Å². The molecule has 0 bridgehead atoms. The molecular weight excluding hydrogens is 395 g/mol. The zero-order valence-electron chi connectivity index (χ0n) is 13.8. The Bertz CT molecular complexity index is 899. The number of rotatable bonds is 5. The molecular formula is C24H18Pd-4. The third kappa shape index (κ3) is 4.46. The van der Waals surface area contributed by atoms with Crippen LogP contribution in [0.3, 0.4) is 0 Å². The second-order valence-corrected chi connectivity index (χ2v) is 6.11. The van der Waals surface area contributed by atoms with E-state index in [2.05, 4.69) is 97.1 Å². The normalized spacial score (nSPS) is 10.4. The fourth-order valence-electron chi connectivity index (χ4n) is 3.07. The van der Waals surface area contributed by atoms with Crippen LogP contribution in [0.15, 0.2) is 84.9 Å². The Balaban J connectivity index is 0.00000182. The summed E-state index contributed by atoms with van der Waals surface area (Å²) in [6.45, 7) is 0. The molecule has 0 spiro atoms. The largest absolute Gasteiger partial charge is 0.232 e. The third-order valence-corrected chi connectivity index (χ3v) is 4.25. The molecule has 0 saturated carbocycles. The van der Waals surface area contributed by atoms with Gasteiger partial charge in [-0.3, -0.25) is 0 Å². The van der Waals surface area contributed by atoms with Gasteiger partial charge in [-0.2, -0.15) is 89.5 Å². The van der Waals surface area contributed by atoms with E-state index in [-0.39, 0.29) is 20.4 Å². The first-order chi connectivity index (χ1) is 11.9. The molecule has 0 fully saturated rings. The van der Waals surface area contributed by atoms with Crippen molar-refractivity contribution < 1.29 is 20.4 Å². The minimum Gasteiger partial charge on any atom is -0.232 e. The van der Waals surface area contributed by atoms with Gasteiger partial charge in [-0.15, -0.1) is 11.6 Å². The first-order valence-electron chi connectivity index (χ1n) is 8.31. The van der Waals surface area contributed by atoms with Crippen LogP contribution >= 0.6 is 0 Å². The zero-order valence-corrected chi connectivity index (χ0v) is 15.4. The molecule has 0 N–H and O–H groups in total. The summed E-state index contributed by atoms with van der Waals surface area (Å²) in [5.41, 5.74) is 7.39. The Kier molecular flexibility index (Phi) is 5.82. The van der Waals surface area contributed by atoms with Crippen molar-refractivity contribution in [3.63, 3.8) is 0 Å². The summed E-state index contributed by atoms with van der Waals surface area (Å²) in [6, 6.07) is 36.8. The molecule has 0 atom stereocenters. The molecule has 128 valence electrons. The molecule has 4 aromatic rings. The van der Waals surface area contributed by atoms with E-state index in [1.54, 1.807) is 0 Å². The van der Waals surface area contributed by atoms with Crippen LogP contribution in [-0.4, -0.2) is 0 Å². The Morgan fingerprint density at radius 1 is 0.640 bits per heavy atom. The fourth-order valence-corrected chi connectivity index (χ4v) is 3.07. The van der Waals surface area contributed by atoms with Gasteiger partial charge in [0.1, 0.15) is 0 Å². The first-order valence-corrected chi connectivity index (χ1v) is 8.31. The average molecular weight is 413 g/mol. The van der Waals surface area contributed by atoms with Crippen LogP contribution in [0.4, 0.5) is 0 Å². The van der Waals surface area contributed by atoms with E-state index in [1.807, 2.05) is 0 Å². The summed E-state index contributed by atoms with van der Waals surface area (Å²) in [4.78, 5) is 0. The van der Waals surface area contributed by atoms with Gasteiger partial charge < -0.3 is 0 Å². The third-order valence-electron chi connectivity index (χ3n) is 4.25. The SMILES string of the molecule is [Pd].[c-]1c(Cc2[c-]c(-c3ccc[cH-]3)ccc2)cccc1Cc1ccc[cH-]1. The van der Waals surface area contributed by atoms with Gasteiger partial charge in [0.05, 0.1) is 0 Å². The van der Waals surface area contributed by atoms with Crippen molar-refractivity contribution in [3.8, 4) is 11.1 Å². The minimum atomic E-state index is 0. The van der Waals surface area contributed by atoms with Gasteiger partial charge in [0.25, 0.3) is 0 Å². The van der Waals surface area contributed by atoms with Crippen molar-refractivity contribution in [2.45, 2.75) is 12.8 Å². The summed E-state index contributed by atoms with van der Waals surface area (Å²) in [6.07, 6.45) is 1.81. The fraction of sp³-hybridized carbons (Fsp3) is 0.0833. The zero-order chi connectivity index (χ0) is 16.2. The number of hydrogen-bond acceptors (Lipinski definition) is 0. The van der Waals surface area contributed by atoms with E-state index in [1.165, 1.54) is 27.8 Å². The van der Waals surface area contributed by atoms with Crippen LogP contribution in [0.5, 0.6) is 0 Å². The standard InChI is InChI=1S/C24H18.Pd/c1-2-8-19(7-1)15-20-9-5-10-21(16-20)17-22-11-6-14-24(18-22)23-12-3-4-13-23;/h1-14H,15,17H2;/q-4;. The van der Waals surface area contributed by atoms with E-state index in [4.69, 9.17) is 0 Å². The second kappa shape index (κ2) is 8.26. The number of hydrogen-bond donors (Lipinski definition) is 0. The Hall–Kier alpha value is -2.20. The van der Waals surface area contributed by atoms with E-state index in [9.17, 15) is 0 Å². The smallest absolute Gasteiger partial charge is 0 e. The van der Waals surface area contributed by atoms with Gasteiger partial charge in [0, 0.05) is 20.4 Å². The topological polar surface area (TPSA) is 0 Å². The van der Waals surface area contributed by atoms with E-state index >= 15 is 0 Å². The van der Waals surface area contributed by atoms with Crippen LogP contribution < -0.4 is 0 Å². The Labute approximate surface area is 163 Å². The molecule has 0 aliphatic carbocycles. The maximum absolute atomic E-state index is 3.57. The number of benzene rings is 2. The molecule has 25 heavy (non-hydrogen) atoms. The van der Waals surface area contributed by atoms with Gasteiger partial charge in [0.15, 0.2) is 0 Å². The van der Waals surface area contributed by atoms with Gasteiger partial charge in [-0.25, -0.2) is 29.3 Å². The van der Waals surface area contributed by atoms with Gasteiger partial charge in [-0.1, -0.05) is 0 Å². The average Bonchev–Trinajstić information content (AvgIpc) is 3.29. The molecule has 0 saturated heterocycles. The summed E-state index contributed by atoms with van der Waals surface area (Å²) in [5, 5.41) is 0. The predicted octanol–water partition coefficient (Wildman–Crippen LogP) is 5.57. The Morgan fingerprint density at radius 2 is 1.32 bits per heavy atom. The van der Waals surface area contributed by atoms with Crippen molar-refractivity contribution in [2.75, 3.05) is 0 Å². The van der Waals surface area contributed by atoms with E-state index in [0.717, 1.165) is 18.4 Å². The summed E-state index contributed by atoms with van der Waals surface area (Å²) in [5.74, 6) is 0. The van der Waals surface area contributed by atoms with Gasteiger partial charge in [0.2, 0.25) is 0 Å². The van der Waals surface area contributed by atoms with Crippen molar-refractivity contribution >= 4 is 0 Å². The van der Waals surface area contributed by atoms with Crippen molar-refractivity contribution in [1.29, 1.82) is 0 Å². The maximum atomic E-state index is 3.57. The van der Waals surface area contributed by atoms with Crippen LogP contribution in [0.2, 0.25) is 0 Å². The molecule has 0 unspecified atom stereocenters. The quantitative estimate of drug-likeness (QED) is 0.297. The molecule has 0 aromatic heterocycles. The first kappa shape index (κ1) is 17.6. The predicted molar refractivity (Wildman–Crippen MR) is 99.2 cm³/mol. The van der Waals surface area contributed by atoms with E-state index in [0.29, 0.717) is 0 Å². The maximum Gasteiger partial charge on any atom is 0 e. The minimum absolute atomic E-state index is 0. The molecule has 4 aromatic carbocycles.